The molecule has 0 aliphatic heterocycles. The zero-order chi connectivity index (χ0) is 15.6. The van der Waals surface area contributed by atoms with Gasteiger partial charge in [0.2, 0.25) is 0 Å². The predicted molar refractivity (Wildman–Crippen MR) is 89.2 cm³/mol. The van der Waals surface area contributed by atoms with Crippen LogP contribution in [0.4, 0.5) is 0 Å². The fourth-order valence-corrected chi connectivity index (χ4v) is 3.02. The first kappa shape index (κ1) is 15.9. The monoisotopic (exact) mass is 349 g/mol. The molecule has 1 unspecified atom stereocenters. The fraction of sp³-hybridized carbons (Fsp3) is 0.294. The summed E-state index contributed by atoms with van der Waals surface area (Å²) in [5, 5.41) is 0. The molecule has 112 valence electrons. The van der Waals surface area contributed by atoms with E-state index in [2.05, 4.69) is 48.0 Å². The Hall–Kier alpha value is -1.52. The first-order chi connectivity index (χ1) is 9.97. The molecule has 0 heterocycles. The molecule has 2 rings (SSSR count). The largest absolute Gasteiger partial charge is 0.493 e. The summed E-state index contributed by atoms with van der Waals surface area (Å²) in [6.45, 7) is 4.16. The maximum Gasteiger partial charge on any atom is 0.161 e. The van der Waals surface area contributed by atoms with Gasteiger partial charge in [0.15, 0.2) is 11.5 Å². The molecule has 21 heavy (non-hydrogen) atoms. The van der Waals surface area contributed by atoms with E-state index in [9.17, 15) is 0 Å². The van der Waals surface area contributed by atoms with Crippen LogP contribution in [0, 0.1) is 13.8 Å². The Bertz CT molecular complexity index is 655. The van der Waals surface area contributed by atoms with Crippen LogP contribution in [0.2, 0.25) is 0 Å². The minimum absolute atomic E-state index is 0.222. The molecule has 0 saturated heterocycles. The third-order valence-corrected chi connectivity index (χ3v) is 4.29. The van der Waals surface area contributed by atoms with Crippen molar-refractivity contribution in [3.8, 4) is 11.5 Å². The van der Waals surface area contributed by atoms with Gasteiger partial charge >= 0.3 is 0 Å². The maximum absolute atomic E-state index is 6.46. The lowest BCUT2D eigenvalue weighted by Gasteiger charge is -2.19. The predicted octanol–water partition coefficient (Wildman–Crippen LogP) is 4.13. The van der Waals surface area contributed by atoms with Crippen molar-refractivity contribution in [3.63, 3.8) is 0 Å². The number of aryl methyl sites for hydroxylation is 2. The van der Waals surface area contributed by atoms with Gasteiger partial charge in [-0.05, 0) is 42.7 Å². The fourth-order valence-electron chi connectivity index (χ4n) is 2.45. The summed E-state index contributed by atoms with van der Waals surface area (Å²) in [6, 6.07) is 9.89. The average molecular weight is 350 g/mol. The number of halogens is 1. The minimum Gasteiger partial charge on any atom is -0.493 e. The Morgan fingerprint density at radius 1 is 0.952 bits per heavy atom. The van der Waals surface area contributed by atoms with Crippen molar-refractivity contribution in [2.45, 2.75) is 19.9 Å². The lowest BCUT2D eigenvalue weighted by Crippen LogP contribution is -2.14. The third-order valence-electron chi connectivity index (χ3n) is 3.60. The second kappa shape index (κ2) is 6.50. The highest BCUT2D eigenvalue weighted by molar-refractivity contribution is 9.10. The van der Waals surface area contributed by atoms with Crippen LogP contribution in [-0.2, 0) is 0 Å². The van der Waals surface area contributed by atoms with Crippen LogP contribution in [0.25, 0.3) is 0 Å². The highest BCUT2D eigenvalue weighted by Gasteiger charge is 2.18. The number of hydrogen-bond donors (Lipinski definition) is 1. The van der Waals surface area contributed by atoms with Crippen LogP contribution in [0.5, 0.6) is 11.5 Å². The van der Waals surface area contributed by atoms with E-state index in [1.807, 2.05) is 12.1 Å². The summed E-state index contributed by atoms with van der Waals surface area (Å²) in [7, 11) is 3.24. The smallest absolute Gasteiger partial charge is 0.161 e. The van der Waals surface area contributed by atoms with Crippen LogP contribution in [0.15, 0.2) is 34.8 Å². The van der Waals surface area contributed by atoms with Gasteiger partial charge in [0.1, 0.15) is 0 Å². The Morgan fingerprint density at radius 3 is 2.14 bits per heavy atom. The van der Waals surface area contributed by atoms with Crippen molar-refractivity contribution in [3.05, 3.63) is 57.1 Å². The van der Waals surface area contributed by atoms with Gasteiger partial charge in [-0.3, -0.25) is 0 Å². The molecule has 4 heteroatoms. The number of nitrogens with two attached hydrogens (primary N) is 1. The number of ether oxygens (including phenoxy) is 2. The van der Waals surface area contributed by atoms with Crippen LogP contribution in [0.1, 0.15) is 28.3 Å². The van der Waals surface area contributed by atoms with E-state index in [-0.39, 0.29) is 6.04 Å². The second-order valence-electron chi connectivity index (χ2n) is 5.07. The van der Waals surface area contributed by atoms with Crippen molar-refractivity contribution < 1.29 is 9.47 Å². The molecule has 0 aliphatic carbocycles. The van der Waals surface area contributed by atoms with E-state index in [0.29, 0.717) is 11.5 Å². The van der Waals surface area contributed by atoms with Gasteiger partial charge in [0.25, 0.3) is 0 Å². The second-order valence-corrected chi connectivity index (χ2v) is 5.92. The molecule has 0 aliphatic rings. The molecule has 0 saturated carbocycles. The highest BCUT2D eigenvalue weighted by atomic mass is 79.9. The van der Waals surface area contributed by atoms with Crippen molar-refractivity contribution >= 4 is 15.9 Å². The van der Waals surface area contributed by atoms with E-state index in [1.54, 1.807) is 14.2 Å². The summed E-state index contributed by atoms with van der Waals surface area (Å²) in [5.41, 5.74) is 10.9. The standard InChI is InChI=1S/C17H20BrNO2/c1-10-5-6-12(11(2)7-10)17(19)13-8-15(20-3)16(21-4)9-14(13)18/h5-9,17H,19H2,1-4H3. The van der Waals surface area contributed by atoms with E-state index in [0.717, 1.165) is 15.6 Å². The Morgan fingerprint density at radius 2 is 1.57 bits per heavy atom. The highest BCUT2D eigenvalue weighted by Crippen LogP contribution is 2.37. The Kier molecular flexibility index (Phi) is 4.91. The van der Waals surface area contributed by atoms with E-state index in [1.165, 1.54) is 11.1 Å². The first-order valence-corrected chi connectivity index (χ1v) is 7.51. The third kappa shape index (κ3) is 3.22. The zero-order valence-electron chi connectivity index (χ0n) is 12.7. The molecule has 0 aromatic heterocycles. The van der Waals surface area contributed by atoms with Gasteiger partial charge in [-0.15, -0.1) is 0 Å². The van der Waals surface area contributed by atoms with E-state index < -0.39 is 0 Å². The molecule has 2 aromatic rings. The van der Waals surface area contributed by atoms with Crippen LogP contribution >= 0.6 is 15.9 Å². The quantitative estimate of drug-likeness (QED) is 0.902. The van der Waals surface area contributed by atoms with Gasteiger partial charge in [-0.2, -0.15) is 0 Å². The van der Waals surface area contributed by atoms with Gasteiger partial charge in [0.05, 0.1) is 20.3 Å². The average Bonchev–Trinajstić information content (AvgIpc) is 2.46. The van der Waals surface area contributed by atoms with Gasteiger partial charge < -0.3 is 15.2 Å². The molecule has 2 N–H and O–H groups in total. The maximum atomic E-state index is 6.46. The van der Waals surface area contributed by atoms with E-state index in [4.69, 9.17) is 15.2 Å². The van der Waals surface area contributed by atoms with Crippen molar-refractivity contribution in [2.75, 3.05) is 14.2 Å². The molecule has 0 radical (unpaired) electrons. The molecule has 0 spiro atoms. The Balaban J connectivity index is 2.50. The minimum atomic E-state index is -0.222. The summed E-state index contributed by atoms with van der Waals surface area (Å²) < 4.78 is 11.6. The molecule has 1 atom stereocenters. The van der Waals surface area contributed by atoms with Crippen molar-refractivity contribution in [1.82, 2.24) is 0 Å². The lowest BCUT2D eigenvalue weighted by molar-refractivity contribution is 0.354. The topological polar surface area (TPSA) is 44.5 Å². The number of hydrogen-bond acceptors (Lipinski definition) is 3. The van der Waals surface area contributed by atoms with Gasteiger partial charge in [0, 0.05) is 4.47 Å². The van der Waals surface area contributed by atoms with Crippen molar-refractivity contribution in [2.24, 2.45) is 5.73 Å². The van der Waals surface area contributed by atoms with Gasteiger partial charge in [-0.25, -0.2) is 0 Å². The molecule has 0 amide bonds. The zero-order valence-corrected chi connectivity index (χ0v) is 14.3. The molecular weight excluding hydrogens is 330 g/mol. The summed E-state index contributed by atoms with van der Waals surface area (Å²) in [5.74, 6) is 1.36. The van der Waals surface area contributed by atoms with E-state index >= 15 is 0 Å². The molecular formula is C17H20BrNO2. The molecule has 0 fully saturated rings. The lowest BCUT2D eigenvalue weighted by atomic mass is 9.94. The summed E-state index contributed by atoms with van der Waals surface area (Å²) in [6.07, 6.45) is 0. The molecule has 0 bridgehead atoms. The van der Waals surface area contributed by atoms with Gasteiger partial charge in [-0.1, -0.05) is 39.7 Å². The summed E-state index contributed by atoms with van der Waals surface area (Å²) in [4.78, 5) is 0. The normalized spacial score (nSPS) is 12.1. The molecule has 3 nitrogen and oxygen atoms in total. The Labute approximate surface area is 134 Å². The van der Waals surface area contributed by atoms with Crippen LogP contribution in [0.3, 0.4) is 0 Å². The SMILES string of the molecule is COc1cc(Br)c(C(N)c2ccc(C)cc2C)cc1OC. The first-order valence-electron chi connectivity index (χ1n) is 6.72. The summed E-state index contributed by atoms with van der Waals surface area (Å²) >= 11 is 3.57. The van der Waals surface area contributed by atoms with Crippen LogP contribution in [-0.4, -0.2) is 14.2 Å². The number of methoxy groups -OCH3 is 2. The number of rotatable bonds is 4. The van der Waals surface area contributed by atoms with Crippen LogP contribution < -0.4 is 15.2 Å². The number of benzene rings is 2. The van der Waals surface area contributed by atoms with Crippen molar-refractivity contribution in [1.29, 1.82) is 0 Å². The molecule has 2 aromatic carbocycles.